The van der Waals surface area contributed by atoms with Gasteiger partial charge in [-0.3, -0.25) is 4.90 Å². The zero-order chi connectivity index (χ0) is 16.9. The predicted molar refractivity (Wildman–Crippen MR) is 84.5 cm³/mol. The van der Waals surface area contributed by atoms with Crippen LogP contribution in [0.5, 0.6) is 5.75 Å². The molecule has 1 unspecified atom stereocenters. The van der Waals surface area contributed by atoms with Gasteiger partial charge < -0.3 is 14.8 Å². The summed E-state index contributed by atoms with van der Waals surface area (Å²) >= 11 is 0. The summed E-state index contributed by atoms with van der Waals surface area (Å²) in [7, 11) is 0. The highest BCUT2D eigenvalue weighted by atomic mass is 19.1. The normalized spacial score (nSPS) is 16.6. The number of benzene rings is 2. The smallest absolute Gasteiger partial charge is 0.414 e. The lowest BCUT2D eigenvalue weighted by Gasteiger charge is -2.13. The van der Waals surface area contributed by atoms with Gasteiger partial charge in [0.2, 0.25) is 0 Å². The fraction of sp³-hybridized carbons (Fsp3) is 0.176. The summed E-state index contributed by atoms with van der Waals surface area (Å²) in [5.41, 5.74) is 0.538. The first-order chi connectivity index (χ1) is 11.6. The van der Waals surface area contributed by atoms with E-state index in [2.05, 4.69) is 5.32 Å². The van der Waals surface area contributed by atoms with Gasteiger partial charge >= 0.3 is 12.2 Å². The Balaban J connectivity index is 1.51. The zero-order valence-corrected chi connectivity index (χ0v) is 12.6. The molecule has 124 valence electrons. The summed E-state index contributed by atoms with van der Waals surface area (Å²) in [6, 6.07) is 14.2. The molecule has 6 nitrogen and oxygen atoms in total. The second-order valence-corrected chi connectivity index (χ2v) is 5.18. The van der Waals surface area contributed by atoms with Gasteiger partial charge in [0.05, 0.1) is 13.1 Å². The maximum absolute atomic E-state index is 12.9. The number of ether oxygens (including phenoxy) is 2. The van der Waals surface area contributed by atoms with Crippen molar-refractivity contribution < 1.29 is 23.5 Å². The number of carbonyl (C=O) groups is 2. The number of rotatable bonds is 4. The van der Waals surface area contributed by atoms with Crippen LogP contribution in [-0.4, -0.2) is 31.4 Å². The molecular weight excluding hydrogens is 315 g/mol. The van der Waals surface area contributed by atoms with Gasteiger partial charge in [0.25, 0.3) is 0 Å². The first kappa shape index (κ1) is 15.8. The van der Waals surface area contributed by atoms with Crippen molar-refractivity contribution in [2.45, 2.75) is 6.10 Å². The number of para-hydroxylation sites is 1. The Labute approximate surface area is 137 Å². The first-order valence-electron chi connectivity index (χ1n) is 7.36. The monoisotopic (exact) mass is 330 g/mol. The number of hydrogen-bond acceptors (Lipinski definition) is 4. The molecule has 2 aromatic carbocycles. The molecule has 24 heavy (non-hydrogen) atoms. The van der Waals surface area contributed by atoms with Crippen LogP contribution in [0.3, 0.4) is 0 Å². The van der Waals surface area contributed by atoms with Crippen molar-refractivity contribution in [2.75, 3.05) is 18.0 Å². The molecule has 0 spiro atoms. The van der Waals surface area contributed by atoms with Gasteiger partial charge in [0.1, 0.15) is 17.7 Å². The Bertz CT molecular complexity index is 721. The van der Waals surface area contributed by atoms with E-state index >= 15 is 0 Å². The van der Waals surface area contributed by atoms with Crippen LogP contribution in [0.4, 0.5) is 19.7 Å². The maximum Gasteiger partial charge on any atom is 0.414 e. The van der Waals surface area contributed by atoms with E-state index in [0.717, 1.165) is 0 Å². The van der Waals surface area contributed by atoms with Crippen molar-refractivity contribution in [1.29, 1.82) is 0 Å². The van der Waals surface area contributed by atoms with Gasteiger partial charge in [0.15, 0.2) is 0 Å². The van der Waals surface area contributed by atoms with Gasteiger partial charge in [-0.05, 0) is 36.4 Å². The number of nitrogens with one attached hydrogen (secondary N) is 1. The van der Waals surface area contributed by atoms with E-state index in [1.807, 2.05) is 6.07 Å². The number of hydrogen-bond donors (Lipinski definition) is 1. The fourth-order valence-corrected chi connectivity index (χ4v) is 2.29. The third kappa shape index (κ3) is 3.81. The van der Waals surface area contributed by atoms with Crippen molar-refractivity contribution in [3.05, 3.63) is 60.4 Å². The molecule has 2 amide bonds. The minimum absolute atomic E-state index is 0.120. The molecular formula is C17H15FN2O4. The summed E-state index contributed by atoms with van der Waals surface area (Å²) in [4.78, 5) is 25.0. The van der Waals surface area contributed by atoms with Crippen molar-refractivity contribution in [3.63, 3.8) is 0 Å². The van der Waals surface area contributed by atoms with E-state index in [-0.39, 0.29) is 18.9 Å². The second-order valence-electron chi connectivity index (χ2n) is 5.18. The minimum atomic E-state index is -0.627. The molecule has 0 saturated carbocycles. The van der Waals surface area contributed by atoms with Crippen LogP contribution < -0.4 is 15.0 Å². The Morgan fingerprint density at radius 3 is 2.62 bits per heavy atom. The van der Waals surface area contributed by atoms with E-state index in [9.17, 15) is 14.0 Å². The number of amides is 2. The predicted octanol–water partition coefficient (Wildman–Crippen LogP) is 2.94. The lowest BCUT2D eigenvalue weighted by Crippen LogP contribution is -2.36. The number of anilines is 1. The molecule has 0 bridgehead atoms. The molecule has 1 atom stereocenters. The summed E-state index contributed by atoms with van der Waals surface area (Å²) in [5, 5.41) is 2.55. The van der Waals surface area contributed by atoms with Crippen LogP contribution >= 0.6 is 0 Å². The number of nitrogens with zero attached hydrogens (tertiary/aromatic N) is 1. The third-order valence-corrected chi connectivity index (χ3v) is 3.44. The molecule has 1 heterocycles. The molecule has 1 N–H and O–H groups in total. The molecule has 0 aliphatic carbocycles. The summed E-state index contributed by atoms with van der Waals surface area (Å²) < 4.78 is 23.2. The third-order valence-electron chi connectivity index (χ3n) is 3.44. The minimum Gasteiger partial charge on any atom is -0.442 e. The van der Waals surface area contributed by atoms with Gasteiger partial charge in [0, 0.05) is 5.69 Å². The zero-order valence-electron chi connectivity index (χ0n) is 12.6. The maximum atomic E-state index is 12.9. The van der Waals surface area contributed by atoms with Gasteiger partial charge in [-0.1, -0.05) is 18.2 Å². The van der Waals surface area contributed by atoms with Crippen LogP contribution in [0, 0.1) is 5.82 Å². The molecule has 1 aliphatic heterocycles. The van der Waals surface area contributed by atoms with Gasteiger partial charge in [-0.25, -0.2) is 14.0 Å². The lowest BCUT2D eigenvalue weighted by molar-refractivity contribution is 0.137. The average Bonchev–Trinajstić information content (AvgIpc) is 2.95. The van der Waals surface area contributed by atoms with E-state index in [1.165, 1.54) is 29.2 Å². The van der Waals surface area contributed by atoms with Crippen LogP contribution in [0.2, 0.25) is 0 Å². The van der Waals surface area contributed by atoms with Crippen LogP contribution in [0.1, 0.15) is 0 Å². The summed E-state index contributed by atoms with van der Waals surface area (Å²) in [5.74, 6) is 0.0412. The number of cyclic esters (lactones) is 1. The molecule has 1 saturated heterocycles. The van der Waals surface area contributed by atoms with E-state index < -0.39 is 18.3 Å². The lowest BCUT2D eigenvalue weighted by atomic mass is 10.2. The number of carbonyl (C=O) groups excluding carboxylic acids is 2. The van der Waals surface area contributed by atoms with Crippen LogP contribution in [0.25, 0.3) is 0 Å². The molecule has 1 fully saturated rings. The Hall–Kier alpha value is -3.09. The summed E-state index contributed by atoms with van der Waals surface area (Å²) in [6.07, 6.45) is -1.67. The van der Waals surface area contributed by atoms with Crippen molar-refractivity contribution >= 4 is 17.9 Å². The van der Waals surface area contributed by atoms with Crippen LogP contribution in [0.15, 0.2) is 54.6 Å². The van der Waals surface area contributed by atoms with Crippen LogP contribution in [-0.2, 0) is 4.74 Å². The highest BCUT2D eigenvalue weighted by Gasteiger charge is 2.32. The number of halogens is 1. The van der Waals surface area contributed by atoms with Crippen molar-refractivity contribution in [2.24, 2.45) is 0 Å². The second kappa shape index (κ2) is 6.99. The Kier molecular flexibility index (Phi) is 4.60. The molecule has 1 aliphatic rings. The Morgan fingerprint density at radius 1 is 1.21 bits per heavy atom. The average molecular weight is 330 g/mol. The Morgan fingerprint density at radius 2 is 1.92 bits per heavy atom. The van der Waals surface area contributed by atoms with Gasteiger partial charge in [-0.2, -0.15) is 0 Å². The quantitative estimate of drug-likeness (QED) is 0.936. The topological polar surface area (TPSA) is 67.9 Å². The van der Waals surface area contributed by atoms with Crippen molar-refractivity contribution in [3.8, 4) is 5.75 Å². The summed E-state index contributed by atoms with van der Waals surface area (Å²) in [6.45, 7) is 0.380. The van der Waals surface area contributed by atoms with E-state index in [1.54, 1.807) is 24.3 Å². The first-order valence-corrected chi connectivity index (χ1v) is 7.36. The molecule has 0 aromatic heterocycles. The van der Waals surface area contributed by atoms with E-state index in [4.69, 9.17) is 9.47 Å². The fourth-order valence-electron chi connectivity index (χ4n) is 2.29. The largest absolute Gasteiger partial charge is 0.442 e. The highest BCUT2D eigenvalue weighted by molar-refractivity contribution is 5.89. The standard InChI is InChI=1S/C17H15FN2O4/c18-12-6-8-13(9-7-12)20-11-15(24-17(20)22)10-19-16(21)23-14-4-2-1-3-5-14/h1-9,15H,10-11H2,(H,19,21). The molecule has 3 rings (SSSR count). The van der Waals surface area contributed by atoms with Gasteiger partial charge in [-0.15, -0.1) is 0 Å². The van der Waals surface area contributed by atoms with Crippen molar-refractivity contribution in [1.82, 2.24) is 5.32 Å². The van der Waals surface area contributed by atoms with E-state index in [0.29, 0.717) is 11.4 Å². The molecule has 2 aromatic rings. The highest BCUT2D eigenvalue weighted by Crippen LogP contribution is 2.21. The SMILES string of the molecule is O=C(NCC1CN(c2ccc(F)cc2)C(=O)O1)Oc1ccccc1. The molecule has 0 radical (unpaired) electrons. The molecule has 7 heteroatoms.